The molecule has 19 heavy (non-hydrogen) atoms. The van der Waals surface area contributed by atoms with Crippen LogP contribution in [-0.4, -0.2) is 24.8 Å². The molecule has 1 unspecified atom stereocenters. The second kappa shape index (κ2) is 5.07. The molecule has 1 aromatic heterocycles. The van der Waals surface area contributed by atoms with Crippen molar-refractivity contribution in [1.82, 2.24) is 4.98 Å². The van der Waals surface area contributed by atoms with Gasteiger partial charge in [0, 0.05) is 18.0 Å². The van der Waals surface area contributed by atoms with E-state index in [1.165, 1.54) is 36.5 Å². The van der Waals surface area contributed by atoms with Gasteiger partial charge in [-0.1, -0.05) is 12.1 Å². The molecular weight excluding hydrogens is 269 g/mol. The Labute approximate surface area is 110 Å². The summed E-state index contributed by atoms with van der Waals surface area (Å²) in [6.45, 7) is 0. The zero-order valence-electron chi connectivity index (χ0n) is 10.1. The third-order valence-corrected chi connectivity index (χ3v) is 3.79. The van der Waals surface area contributed by atoms with Crippen molar-refractivity contribution in [3.8, 4) is 0 Å². The standard InChI is InChI=1S/C13H12FNO3S/c1-19(17,18)12-4-2-9(3-5-12)13(16)10-6-11(14)8-15-7-10/h2-8,13,16H,1H3. The van der Waals surface area contributed by atoms with Crippen LogP contribution in [0.5, 0.6) is 0 Å². The quantitative estimate of drug-likeness (QED) is 0.930. The van der Waals surface area contributed by atoms with Crippen LogP contribution in [0.4, 0.5) is 4.39 Å². The molecule has 1 aromatic carbocycles. The third-order valence-electron chi connectivity index (χ3n) is 2.67. The number of rotatable bonds is 3. The Bertz CT molecular complexity index is 683. The van der Waals surface area contributed by atoms with Crippen molar-refractivity contribution in [2.75, 3.05) is 6.26 Å². The van der Waals surface area contributed by atoms with Gasteiger partial charge in [-0.3, -0.25) is 4.98 Å². The van der Waals surface area contributed by atoms with Crippen LogP contribution in [0.2, 0.25) is 0 Å². The summed E-state index contributed by atoms with van der Waals surface area (Å²) >= 11 is 0. The summed E-state index contributed by atoms with van der Waals surface area (Å²) in [7, 11) is -3.27. The number of aromatic nitrogens is 1. The van der Waals surface area contributed by atoms with Gasteiger partial charge >= 0.3 is 0 Å². The fourth-order valence-corrected chi connectivity index (χ4v) is 2.30. The van der Waals surface area contributed by atoms with Gasteiger partial charge in [0.1, 0.15) is 11.9 Å². The maximum Gasteiger partial charge on any atom is 0.175 e. The number of aliphatic hydroxyl groups is 1. The zero-order chi connectivity index (χ0) is 14.0. The van der Waals surface area contributed by atoms with E-state index in [-0.39, 0.29) is 4.90 Å². The molecule has 2 rings (SSSR count). The zero-order valence-corrected chi connectivity index (χ0v) is 10.9. The van der Waals surface area contributed by atoms with Crippen molar-refractivity contribution in [1.29, 1.82) is 0 Å². The van der Waals surface area contributed by atoms with E-state index < -0.39 is 21.8 Å². The lowest BCUT2D eigenvalue weighted by atomic mass is 10.0. The van der Waals surface area contributed by atoms with E-state index in [2.05, 4.69) is 4.98 Å². The number of hydrogen-bond donors (Lipinski definition) is 1. The molecule has 0 fully saturated rings. The molecular formula is C13H12FNO3S. The average Bonchev–Trinajstić information content (AvgIpc) is 2.37. The third kappa shape index (κ3) is 3.15. The molecule has 4 nitrogen and oxygen atoms in total. The smallest absolute Gasteiger partial charge is 0.175 e. The highest BCUT2D eigenvalue weighted by molar-refractivity contribution is 7.90. The van der Waals surface area contributed by atoms with Crippen LogP contribution < -0.4 is 0 Å². The molecule has 0 radical (unpaired) electrons. The fourth-order valence-electron chi connectivity index (χ4n) is 1.67. The number of sulfone groups is 1. The molecule has 0 aliphatic heterocycles. The first-order valence-corrected chi connectivity index (χ1v) is 7.35. The van der Waals surface area contributed by atoms with Gasteiger partial charge in [0.2, 0.25) is 0 Å². The van der Waals surface area contributed by atoms with Crippen LogP contribution in [0, 0.1) is 5.82 Å². The fraction of sp³-hybridized carbons (Fsp3) is 0.154. The molecule has 1 N–H and O–H groups in total. The van der Waals surface area contributed by atoms with Gasteiger partial charge in [-0.05, 0) is 23.8 Å². The number of pyridine rings is 1. The van der Waals surface area contributed by atoms with Gasteiger partial charge in [0.15, 0.2) is 9.84 Å². The normalized spacial score (nSPS) is 13.2. The number of benzene rings is 1. The first-order valence-electron chi connectivity index (χ1n) is 5.46. The van der Waals surface area contributed by atoms with Crippen LogP contribution in [-0.2, 0) is 9.84 Å². The summed E-state index contributed by atoms with van der Waals surface area (Å²) in [5.41, 5.74) is 0.784. The van der Waals surface area contributed by atoms with E-state index in [4.69, 9.17) is 0 Å². The highest BCUT2D eigenvalue weighted by Gasteiger charge is 2.13. The number of hydrogen-bond acceptors (Lipinski definition) is 4. The van der Waals surface area contributed by atoms with Crippen molar-refractivity contribution in [2.45, 2.75) is 11.0 Å². The van der Waals surface area contributed by atoms with Crippen LogP contribution in [0.3, 0.4) is 0 Å². The van der Waals surface area contributed by atoms with Crippen LogP contribution in [0.1, 0.15) is 17.2 Å². The SMILES string of the molecule is CS(=O)(=O)c1ccc(C(O)c2cncc(F)c2)cc1. The van der Waals surface area contributed by atoms with E-state index >= 15 is 0 Å². The first kappa shape index (κ1) is 13.6. The number of aliphatic hydroxyl groups excluding tert-OH is 1. The Balaban J connectivity index is 2.32. The maximum absolute atomic E-state index is 13.0. The predicted octanol–water partition coefficient (Wildman–Crippen LogP) is 1.71. The molecule has 1 heterocycles. The monoisotopic (exact) mass is 281 g/mol. The van der Waals surface area contributed by atoms with Gasteiger partial charge in [-0.15, -0.1) is 0 Å². The molecule has 2 aromatic rings. The van der Waals surface area contributed by atoms with Crippen LogP contribution in [0.15, 0.2) is 47.6 Å². The summed E-state index contributed by atoms with van der Waals surface area (Å²) < 4.78 is 35.6. The Morgan fingerprint density at radius 1 is 1.16 bits per heavy atom. The van der Waals surface area contributed by atoms with Crippen molar-refractivity contribution >= 4 is 9.84 Å². The van der Waals surface area contributed by atoms with E-state index in [1.54, 1.807) is 0 Å². The Hall–Kier alpha value is -1.79. The minimum absolute atomic E-state index is 0.167. The largest absolute Gasteiger partial charge is 0.384 e. The summed E-state index contributed by atoms with van der Waals surface area (Å²) in [4.78, 5) is 3.82. The predicted molar refractivity (Wildman–Crippen MR) is 67.8 cm³/mol. The highest BCUT2D eigenvalue weighted by atomic mass is 32.2. The van der Waals surface area contributed by atoms with Gasteiger partial charge in [-0.25, -0.2) is 12.8 Å². The minimum Gasteiger partial charge on any atom is -0.384 e. The molecule has 0 aliphatic carbocycles. The van der Waals surface area contributed by atoms with E-state index in [0.717, 1.165) is 12.5 Å². The molecule has 0 bridgehead atoms. The van der Waals surface area contributed by atoms with Crippen molar-refractivity contribution in [3.63, 3.8) is 0 Å². The Morgan fingerprint density at radius 3 is 2.32 bits per heavy atom. The second-order valence-electron chi connectivity index (χ2n) is 4.18. The second-order valence-corrected chi connectivity index (χ2v) is 6.20. The van der Waals surface area contributed by atoms with E-state index in [9.17, 15) is 17.9 Å². The van der Waals surface area contributed by atoms with Gasteiger partial charge in [-0.2, -0.15) is 0 Å². The highest BCUT2D eigenvalue weighted by Crippen LogP contribution is 2.23. The first-order chi connectivity index (χ1) is 8.88. The summed E-state index contributed by atoms with van der Waals surface area (Å²) in [5.74, 6) is -0.538. The van der Waals surface area contributed by atoms with Gasteiger partial charge < -0.3 is 5.11 Å². The topological polar surface area (TPSA) is 67.3 Å². The number of halogens is 1. The minimum atomic E-state index is -3.27. The molecule has 100 valence electrons. The molecule has 0 aliphatic rings. The molecule has 1 atom stereocenters. The summed E-state index contributed by atoms with van der Waals surface area (Å²) in [6.07, 6.45) is 2.47. The lowest BCUT2D eigenvalue weighted by Gasteiger charge is -2.11. The Morgan fingerprint density at radius 2 is 1.79 bits per heavy atom. The number of nitrogens with zero attached hydrogens (tertiary/aromatic N) is 1. The molecule has 0 saturated carbocycles. The van der Waals surface area contributed by atoms with E-state index in [0.29, 0.717) is 11.1 Å². The lowest BCUT2D eigenvalue weighted by Crippen LogP contribution is -2.02. The van der Waals surface area contributed by atoms with Crippen LogP contribution >= 0.6 is 0 Å². The molecule has 0 saturated heterocycles. The van der Waals surface area contributed by atoms with Gasteiger partial charge in [0.25, 0.3) is 0 Å². The summed E-state index contributed by atoms with van der Waals surface area (Å²) in [6, 6.07) is 6.97. The van der Waals surface area contributed by atoms with Crippen molar-refractivity contribution in [3.05, 3.63) is 59.7 Å². The summed E-state index contributed by atoms with van der Waals surface area (Å²) in [5, 5.41) is 10.1. The molecule has 0 amide bonds. The van der Waals surface area contributed by atoms with Gasteiger partial charge in [0.05, 0.1) is 11.1 Å². The van der Waals surface area contributed by atoms with E-state index in [1.807, 2.05) is 0 Å². The Kier molecular flexibility index (Phi) is 3.64. The molecule has 6 heteroatoms. The van der Waals surface area contributed by atoms with Crippen molar-refractivity contribution in [2.24, 2.45) is 0 Å². The molecule has 0 spiro atoms. The lowest BCUT2D eigenvalue weighted by molar-refractivity contribution is 0.219. The average molecular weight is 281 g/mol. The van der Waals surface area contributed by atoms with Crippen molar-refractivity contribution < 1.29 is 17.9 Å². The van der Waals surface area contributed by atoms with Crippen LogP contribution in [0.25, 0.3) is 0 Å². The maximum atomic E-state index is 13.0.